The van der Waals surface area contributed by atoms with E-state index >= 15 is 0 Å². The molecule has 0 fully saturated rings. The number of ether oxygens (including phenoxy) is 2. The summed E-state index contributed by atoms with van der Waals surface area (Å²) in [4.78, 5) is 30.3. The number of hydrogen-bond donors (Lipinski definition) is 1. The molecular weight excluding hydrogens is 366 g/mol. The number of fused-ring (bicyclic) bond motifs is 1. The van der Waals surface area contributed by atoms with Crippen molar-refractivity contribution < 1.29 is 14.3 Å². The Morgan fingerprint density at radius 1 is 1.30 bits per heavy atom. The minimum atomic E-state index is -0.383. The lowest BCUT2D eigenvalue weighted by molar-refractivity contribution is 0.0948. The van der Waals surface area contributed by atoms with Crippen molar-refractivity contribution >= 4 is 17.2 Å². The largest absolute Gasteiger partial charge is 0.454 e. The van der Waals surface area contributed by atoms with Gasteiger partial charge in [-0.15, -0.1) is 11.3 Å². The Balaban J connectivity index is 1.56. The lowest BCUT2D eigenvalue weighted by Gasteiger charge is -2.11. The fraction of sp³-hybridized carbons (Fsp3) is 0.211. The molecule has 1 aromatic carbocycles. The van der Waals surface area contributed by atoms with Crippen molar-refractivity contribution in [3.63, 3.8) is 0 Å². The van der Waals surface area contributed by atoms with Crippen LogP contribution in [0.3, 0.4) is 0 Å². The maximum atomic E-state index is 12.9. The van der Waals surface area contributed by atoms with Crippen LogP contribution in [0.1, 0.15) is 26.4 Å². The fourth-order valence-electron chi connectivity index (χ4n) is 2.89. The molecule has 1 aliphatic rings. The Morgan fingerprint density at radius 3 is 2.96 bits per heavy atom. The number of benzene rings is 1. The first-order valence-electron chi connectivity index (χ1n) is 8.36. The van der Waals surface area contributed by atoms with Crippen LogP contribution < -0.4 is 20.3 Å². The van der Waals surface area contributed by atoms with Gasteiger partial charge in [0.25, 0.3) is 11.5 Å². The van der Waals surface area contributed by atoms with Crippen LogP contribution in [0, 0.1) is 6.92 Å². The molecule has 1 N–H and O–H groups in total. The molecule has 1 amide bonds. The number of hydrogen-bond acceptors (Lipinski definition) is 6. The van der Waals surface area contributed by atoms with Gasteiger partial charge in [0.1, 0.15) is 5.56 Å². The van der Waals surface area contributed by atoms with E-state index in [0.717, 1.165) is 10.4 Å². The lowest BCUT2D eigenvalue weighted by atomic mass is 10.1. The van der Waals surface area contributed by atoms with Crippen LogP contribution in [-0.2, 0) is 13.1 Å². The summed E-state index contributed by atoms with van der Waals surface area (Å²) in [6.45, 7) is 2.64. The minimum Gasteiger partial charge on any atom is -0.454 e. The molecule has 0 saturated carbocycles. The van der Waals surface area contributed by atoms with Crippen LogP contribution >= 0.6 is 11.3 Å². The summed E-state index contributed by atoms with van der Waals surface area (Å²) in [5, 5.41) is 2.79. The van der Waals surface area contributed by atoms with Crippen molar-refractivity contribution in [3.05, 3.63) is 74.1 Å². The molecule has 3 heterocycles. The third-order valence-electron chi connectivity index (χ3n) is 4.30. The lowest BCUT2D eigenvalue weighted by Crippen LogP contribution is -2.33. The molecule has 0 unspecified atom stereocenters. The van der Waals surface area contributed by atoms with E-state index in [4.69, 9.17) is 9.47 Å². The number of thiazole rings is 1. The Morgan fingerprint density at radius 2 is 2.15 bits per heavy atom. The summed E-state index contributed by atoms with van der Waals surface area (Å²) in [7, 11) is 0. The number of amides is 1. The Bertz CT molecular complexity index is 1040. The van der Waals surface area contributed by atoms with Crippen LogP contribution in [0.15, 0.2) is 47.0 Å². The van der Waals surface area contributed by atoms with E-state index in [-0.39, 0.29) is 23.8 Å². The van der Waals surface area contributed by atoms with Gasteiger partial charge in [-0.3, -0.25) is 14.6 Å². The average molecular weight is 383 g/mol. The highest BCUT2D eigenvalue weighted by Gasteiger charge is 2.17. The zero-order valence-electron chi connectivity index (χ0n) is 14.6. The topological polar surface area (TPSA) is 82.5 Å². The highest BCUT2D eigenvalue weighted by atomic mass is 32.1. The first-order chi connectivity index (χ1) is 13.1. The van der Waals surface area contributed by atoms with Gasteiger partial charge >= 0.3 is 0 Å². The van der Waals surface area contributed by atoms with Crippen molar-refractivity contribution in [1.82, 2.24) is 14.9 Å². The number of carbonyl (C=O) groups excluding carboxylic acids is 1. The van der Waals surface area contributed by atoms with Gasteiger partial charge in [-0.2, -0.15) is 0 Å². The van der Waals surface area contributed by atoms with Gasteiger partial charge in [0, 0.05) is 17.3 Å². The standard InChI is InChI=1S/C19H17N3O4S/c1-12-4-5-22(9-13-2-3-15-16(6-13)26-11-25-15)19(24)17(12)18(23)21-8-14-7-20-10-27-14/h2-7,10H,8-9,11H2,1H3,(H,21,23). The molecule has 4 rings (SSSR count). The number of carbonyl (C=O) groups is 1. The number of rotatable bonds is 5. The van der Waals surface area contributed by atoms with Crippen LogP contribution in [0.5, 0.6) is 11.5 Å². The van der Waals surface area contributed by atoms with Crippen LogP contribution in [0.2, 0.25) is 0 Å². The van der Waals surface area contributed by atoms with Crippen LogP contribution in [0.4, 0.5) is 0 Å². The quantitative estimate of drug-likeness (QED) is 0.731. The first kappa shape index (κ1) is 17.3. The van der Waals surface area contributed by atoms with Gasteiger partial charge in [0.2, 0.25) is 6.79 Å². The normalized spacial score (nSPS) is 12.2. The molecule has 0 radical (unpaired) electrons. The van der Waals surface area contributed by atoms with E-state index in [0.29, 0.717) is 30.2 Å². The summed E-state index contributed by atoms with van der Waals surface area (Å²) < 4.78 is 12.2. The molecule has 3 aromatic rings. The van der Waals surface area contributed by atoms with E-state index in [1.165, 1.54) is 15.9 Å². The summed E-state index contributed by atoms with van der Waals surface area (Å²) >= 11 is 1.45. The maximum absolute atomic E-state index is 12.9. The third kappa shape index (κ3) is 3.56. The van der Waals surface area contributed by atoms with Crippen LogP contribution in [-0.4, -0.2) is 22.3 Å². The molecule has 0 saturated heterocycles. The first-order valence-corrected chi connectivity index (χ1v) is 9.24. The van der Waals surface area contributed by atoms with Crippen molar-refractivity contribution in [1.29, 1.82) is 0 Å². The highest BCUT2D eigenvalue weighted by molar-refractivity contribution is 7.09. The third-order valence-corrected chi connectivity index (χ3v) is 5.08. The van der Waals surface area contributed by atoms with Crippen LogP contribution in [0.25, 0.3) is 0 Å². The molecule has 0 aliphatic carbocycles. The molecule has 0 spiro atoms. The van der Waals surface area contributed by atoms with Crippen molar-refractivity contribution in [3.8, 4) is 11.5 Å². The molecule has 138 valence electrons. The zero-order chi connectivity index (χ0) is 18.8. The average Bonchev–Trinajstić information content (AvgIpc) is 3.33. The number of aromatic nitrogens is 2. The second kappa shape index (κ2) is 7.24. The van der Waals surface area contributed by atoms with Gasteiger partial charge in [-0.1, -0.05) is 6.07 Å². The maximum Gasteiger partial charge on any atom is 0.263 e. The molecule has 0 atom stereocenters. The number of nitrogens with one attached hydrogen (secondary N) is 1. The molecule has 7 nitrogen and oxygen atoms in total. The fourth-order valence-corrected chi connectivity index (χ4v) is 3.42. The molecular formula is C19H17N3O4S. The minimum absolute atomic E-state index is 0.155. The van der Waals surface area contributed by atoms with Gasteiger partial charge in [0.15, 0.2) is 11.5 Å². The van der Waals surface area contributed by atoms with E-state index in [9.17, 15) is 9.59 Å². The Labute approximate surface area is 159 Å². The number of aryl methyl sites for hydroxylation is 1. The van der Waals surface area contributed by atoms with Gasteiger partial charge in [-0.05, 0) is 36.2 Å². The zero-order valence-corrected chi connectivity index (χ0v) is 15.4. The van der Waals surface area contributed by atoms with E-state index in [2.05, 4.69) is 10.3 Å². The second-order valence-electron chi connectivity index (χ2n) is 6.14. The highest BCUT2D eigenvalue weighted by Crippen LogP contribution is 2.32. The van der Waals surface area contributed by atoms with Gasteiger partial charge in [-0.25, -0.2) is 0 Å². The summed E-state index contributed by atoms with van der Waals surface area (Å²) in [5.41, 5.74) is 3.07. The monoisotopic (exact) mass is 383 g/mol. The van der Waals surface area contributed by atoms with Crippen molar-refractivity contribution in [2.24, 2.45) is 0 Å². The number of pyridine rings is 1. The van der Waals surface area contributed by atoms with Crippen molar-refractivity contribution in [2.75, 3.05) is 6.79 Å². The van der Waals surface area contributed by atoms with Gasteiger partial charge < -0.3 is 19.4 Å². The Kier molecular flexibility index (Phi) is 4.64. The van der Waals surface area contributed by atoms with E-state index in [1.54, 1.807) is 30.9 Å². The molecule has 1 aliphatic heterocycles. The van der Waals surface area contributed by atoms with E-state index in [1.807, 2.05) is 18.2 Å². The summed E-state index contributed by atoms with van der Waals surface area (Å²) in [6.07, 6.45) is 3.39. The number of nitrogens with zero attached hydrogens (tertiary/aromatic N) is 2. The Hall–Kier alpha value is -3.13. The van der Waals surface area contributed by atoms with Gasteiger partial charge in [0.05, 0.1) is 18.6 Å². The summed E-state index contributed by atoms with van der Waals surface area (Å²) in [6, 6.07) is 7.32. The summed E-state index contributed by atoms with van der Waals surface area (Å²) in [5.74, 6) is 0.972. The molecule has 27 heavy (non-hydrogen) atoms. The molecule has 8 heteroatoms. The molecule has 2 aromatic heterocycles. The predicted octanol–water partition coefficient (Wildman–Crippen LogP) is 2.32. The van der Waals surface area contributed by atoms with E-state index < -0.39 is 0 Å². The predicted molar refractivity (Wildman–Crippen MR) is 100 cm³/mol. The smallest absolute Gasteiger partial charge is 0.263 e. The molecule has 0 bridgehead atoms. The second-order valence-corrected chi connectivity index (χ2v) is 7.12. The SMILES string of the molecule is Cc1ccn(Cc2ccc3c(c2)OCO3)c(=O)c1C(=O)NCc1cncs1. The van der Waals surface area contributed by atoms with Crippen molar-refractivity contribution in [2.45, 2.75) is 20.0 Å².